The van der Waals surface area contributed by atoms with E-state index in [2.05, 4.69) is 10.6 Å². The zero-order valence-electron chi connectivity index (χ0n) is 15.5. The lowest BCUT2D eigenvalue weighted by molar-refractivity contribution is -0.150. The molecule has 2 atom stereocenters. The molecule has 146 valence electrons. The molecular weight excluding hydrogens is 360 g/mol. The fraction of sp³-hybridized carbons (Fsp3) is 0.286. The summed E-state index contributed by atoms with van der Waals surface area (Å²) in [5.74, 6) is -0.718. The summed E-state index contributed by atoms with van der Waals surface area (Å²) < 4.78 is 10.6. The van der Waals surface area contributed by atoms with Crippen LogP contribution in [0.15, 0.2) is 54.6 Å². The molecule has 7 nitrogen and oxygen atoms in total. The molecule has 3 rings (SSSR count). The van der Waals surface area contributed by atoms with Crippen molar-refractivity contribution in [3.8, 4) is 5.75 Å². The van der Waals surface area contributed by atoms with Gasteiger partial charge in [-0.25, -0.2) is 4.79 Å². The molecular formula is C21H22N2O5. The number of amides is 2. The van der Waals surface area contributed by atoms with E-state index in [1.165, 1.54) is 6.92 Å². The second kappa shape index (κ2) is 9.03. The fourth-order valence-electron chi connectivity index (χ4n) is 2.92. The highest BCUT2D eigenvalue weighted by atomic mass is 16.5. The lowest BCUT2D eigenvalue weighted by atomic mass is 10.0. The standard InChI is InChI=1S/C21H22N2O5/c1-14(22-20(25)15-7-3-2-4-8-15)21(26)28-13-19(24)23-17-11-12-27-18-10-6-5-9-16(17)18/h2-10,14,17H,11-13H2,1H3,(H,22,25)(H,23,24)/t14-,17-/m0/s1. The van der Waals surface area contributed by atoms with Crippen molar-refractivity contribution < 1.29 is 23.9 Å². The Labute approximate surface area is 163 Å². The molecule has 2 aromatic carbocycles. The van der Waals surface area contributed by atoms with Crippen molar-refractivity contribution in [2.75, 3.05) is 13.2 Å². The molecule has 2 N–H and O–H groups in total. The first-order chi connectivity index (χ1) is 13.5. The average Bonchev–Trinajstić information content (AvgIpc) is 2.73. The zero-order chi connectivity index (χ0) is 19.9. The second-order valence-corrected chi connectivity index (χ2v) is 6.46. The number of fused-ring (bicyclic) bond motifs is 1. The van der Waals surface area contributed by atoms with Crippen LogP contribution >= 0.6 is 0 Å². The van der Waals surface area contributed by atoms with Crippen LogP contribution in [0.3, 0.4) is 0 Å². The van der Waals surface area contributed by atoms with Crippen LogP contribution in [0.4, 0.5) is 0 Å². The van der Waals surface area contributed by atoms with Crippen LogP contribution < -0.4 is 15.4 Å². The largest absolute Gasteiger partial charge is 0.493 e. The predicted molar refractivity (Wildman–Crippen MR) is 102 cm³/mol. The lowest BCUT2D eigenvalue weighted by Crippen LogP contribution is -2.41. The summed E-state index contributed by atoms with van der Waals surface area (Å²) >= 11 is 0. The number of carbonyl (C=O) groups is 3. The van der Waals surface area contributed by atoms with E-state index in [0.29, 0.717) is 18.6 Å². The molecule has 0 fully saturated rings. The van der Waals surface area contributed by atoms with Crippen LogP contribution in [0.1, 0.15) is 35.3 Å². The molecule has 0 unspecified atom stereocenters. The highest BCUT2D eigenvalue weighted by molar-refractivity contribution is 5.96. The van der Waals surface area contributed by atoms with E-state index >= 15 is 0 Å². The Balaban J connectivity index is 1.47. The fourth-order valence-corrected chi connectivity index (χ4v) is 2.92. The molecule has 0 saturated carbocycles. The first kappa shape index (κ1) is 19.4. The summed E-state index contributed by atoms with van der Waals surface area (Å²) in [7, 11) is 0. The summed E-state index contributed by atoms with van der Waals surface area (Å²) in [5.41, 5.74) is 1.34. The van der Waals surface area contributed by atoms with Gasteiger partial charge in [-0.15, -0.1) is 0 Å². The number of hydrogen-bond acceptors (Lipinski definition) is 5. The Bertz CT molecular complexity index is 853. The van der Waals surface area contributed by atoms with Gasteiger partial charge in [0, 0.05) is 17.5 Å². The predicted octanol–water partition coefficient (Wildman–Crippen LogP) is 1.99. The summed E-state index contributed by atoms with van der Waals surface area (Å²) in [6.07, 6.45) is 0.639. The van der Waals surface area contributed by atoms with Gasteiger partial charge < -0.3 is 20.1 Å². The highest BCUT2D eigenvalue weighted by Gasteiger charge is 2.24. The number of hydrogen-bond donors (Lipinski definition) is 2. The van der Waals surface area contributed by atoms with Gasteiger partial charge in [0.15, 0.2) is 6.61 Å². The van der Waals surface area contributed by atoms with Crippen LogP contribution in [-0.2, 0) is 14.3 Å². The maximum Gasteiger partial charge on any atom is 0.328 e. The van der Waals surface area contributed by atoms with E-state index in [0.717, 1.165) is 11.3 Å². The van der Waals surface area contributed by atoms with Gasteiger partial charge in [0.1, 0.15) is 11.8 Å². The van der Waals surface area contributed by atoms with Crippen molar-refractivity contribution in [1.29, 1.82) is 0 Å². The second-order valence-electron chi connectivity index (χ2n) is 6.46. The van der Waals surface area contributed by atoms with Gasteiger partial charge in [-0.2, -0.15) is 0 Å². The third-order valence-corrected chi connectivity index (χ3v) is 4.38. The van der Waals surface area contributed by atoms with E-state index in [1.54, 1.807) is 30.3 Å². The molecule has 28 heavy (non-hydrogen) atoms. The van der Waals surface area contributed by atoms with Crippen LogP contribution in [0.2, 0.25) is 0 Å². The molecule has 2 amide bonds. The minimum absolute atomic E-state index is 0.189. The molecule has 0 radical (unpaired) electrons. The van der Waals surface area contributed by atoms with Crippen molar-refractivity contribution >= 4 is 17.8 Å². The number of benzene rings is 2. The highest BCUT2D eigenvalue weighted by Crippen LogP contribution is 2.31. The number of rotatable bonds is 6. The molecule has 1 heterocycles. The van der Waals surface area contributed by atoms with Crippen LogP contribution in [0.25, 0.3) is 0 Å². The van der Waals surface area contributed by atoms with E-state index in [1.807, 2.05) is 24.3 Å². The van der Waals surface area contributed by atoms with Gasteiger partial charge in [-0.3, -0.25) is 9.59 Å². The van der Waals surface area contributed by atoms with Gasteiger partial charge >= 0.3 is 5.97 Å². The topological polar surface area (TPSA) is 93.7 Å². The van der Waals surface area contributed by atoms with Crippen molar-refractivity contribution in [2.24, 2.45) is 0 Å². The van der Waals surface area contributed by atoms with Gasteiger partial charge in [-0.1, -0.05) is 36.4 Å². The quantitative estimate of drug-likeness (QED) is 0.745. The van der Waals surface area contributed by atoms with E-state index < -0.39 is 24.5 Å². The molecule has 0 spiro atoms. The molecule has 2 aromatic rings. The Hall–Kier alpha value is -3.35. The average molecular weight is 382 g/mol. The normalized spacial score (nSPS) is 16.1. The minimum Gasteiger partial charge on any atom is -0.493 e. The molecule has 0 bridgehead atoms. The summed E-state index contributed by atoms with van der Waals surface area (Å²) in [5, 5.41) is 5.40. The van der Waals surface area contributed by atoms with Gasteiger partial charge in [-0.05, 0) is 25.1 Å². The molecule has 0 aliphatic carbocycles. The Morgan fingerprint density at radius 2 is 1.82 bits per heavy atom. The number of ether oxygens (including phenoxy) is 2. The maximum atomic E-state index is 12.2. The molecule has 0 aromatic heterocycles. The van der Waals surface area contributed by atoms with E-state index in [4.69, 9.17) is 9.47 Å². The summed E-state index contributed by atoms with van der Waals surface area (Å²) in [6.45, 7) is 1.60. The van der Waals surface area contributed by atoms with E-state index in [-0.39, 0.29) is 11.9 Å². The third-order valence-electron chi connectivity index (χ3n) is 4.38. The number of esters is 1. The SMILES string of the molecule is C[C@H](NC(=O)c1ccccc1)C(=O)OCC(=O)N[C@H]1CCOc2ccccc21. The first-order valence-electron chi connectivity index (χ1n) is 9.08. The maximum absolute atomic E-state index is 12.2. The number of para-hydroxylation sites is 1. The van der Waals surface area contributed by atoms with Crippen molar-refractivity contribution in [3.05, 3.63) is 65.7 Å². The van der Waals surface area contributed by atoms with Gasteiger partial charge in [0.25, 0.3) is 11.8 Å². The molecule has 7 heteroatoms. The monoisotopic (exact) mass is 382 g/mol. The molecule has 1 aliphatic rings. The minimum atomic E-state index is -0.871. The number of nitrogens with one attached hydrogen (secondary N) is 2. The molecule has 0 saturated heterocycles. The van der Waals surface area contributed by atoms with Crippen molar-refractivity contribution in [1.82, 2.24) is 10.6 Å². The third kappa shape index (κ3) is 4.88. The van der Waals surface area contributed by atoms with Crippen LogP contribution in [0.5, 0.6) is 5.75 Å². The Morgan fingerprint density at radius 3 is 2.61 bits per heavy atom. The van der Waals surface area contributed by atoms with Crippen LogP contribution in [-0.4, -0.2) is 37.0 Å². The number of carbonyl (C=O) groups excluding carboxylic acids is 3. The lowest BCUT2D eigenvalue weighted by Gasteiger charge is -2.26. The summed E-state index contributed by atoms with van der Waals surface area (Å²) in [6, 6.07) is 15.0. The smallest absolute Gasteiger partial charge is 0.328 e. The first-order valence-corrected chi connectivity index (χ1v) is 9.08. The van der Waals surface area contributed by atoms with Crippen molar-refractivity contribution in [2.45, 2.75) is 25.4 Å². The Kier molecular flexibility index (Phi) is 6.26. The van der Waals surface area contributed by atoms with E-state index in [9.17, 15) is 14.4 Å². The Morgan fingerprint density at radius 1 is 1.11 bits per heavy atom. The van der Waals surface area contributed by atoms with Crippen LogP contribution in [0, 0.1) is 0 Å². The van der Waals surface area contributed by atoms with Gasteiger partial charge in [0.2, 0.25) is 0 Å². The van der Waals surface area contributed by atoms with Crippen molar-refractivity contribution in [3.63, 3.8) is 0 Å². The van der Waals surface area contributed by atoms with Gasteiger partial charge in [0.05, 0.1) is 12.6 Å². The molecule has 1 aliphatic heterocycles. The zero-order valence-corrected chi connectivity index (χ0v) is 15.5. The summed E-state index contributed by atoms with van der Waals surface area (Å²) in [4.78, 5) is 36.3.